The van der Waals surface area contributed by atoms with Gasteiger partial charge in [-0.3, -0.25) is 9.52 Å². The van der Waals surface area contributed by atoms with Gasteiger partial charge in [0.25, 0.3) is 15.9 Å². The summed E-state index contributed by atoms with van der Waals surface area (Å²) in [7, 11) is -4.12. The van der Waals surface area contributed by atoms with Gasteiger partial charge in [-0.2, -0.15) is 0 Å². The van der Waals surface area contributed by atoms with E-state index in [-0.39, 0.29) is 22.6 Å². The molecule has 10 nitrogen and oxygen atoms in total. The van der Waals surface area contributed by atoms with E-state index in [1.165, 1.54) is 24.4 Å². The molecule has 1 aliphatic heterocycles. The van der Waals surface area contributed by atoms with Gasteiger partial charge >= 0.3 is 5.97 Å². The Balaban J connectivity index is 1.31. The summed E-state index contributed by atoms with van der Waals surface area (Å²) in [5, 5.41) is 12.4. The van der Waals surface area contributed by atoms with Gasteiger partial charge in [0.1, 0.15) is 16.8 Å². The number of anilines is 2. The van der Waals surface area contributed by atoms with Crippen LogP contribution in [0, 0.1) is 0 Å². The maximum atomic E-state index is 13.3. The number of morpholine rings is 1. The van der Waals surface area contributed by atoms with Crippen LogP contribution in [0.2, 0.25) is 0 Å². The average Bonchev–Trinajstić information content (AvgIpc) is 3.02. The van der Waals surface area contributed by atoms with Crippen LogP contribution in [-0.4, -0.2) is 62.7 Å². The van der Waals surface area contributed by atoms with Crippen LogP contribution < -0.4 is 14.9 Å². The second-order valence-electron chi connectivity index (χ2n) is 9.88. The molecule has 1 fully saturated rings. The molecular weight excluding hydrogens is 636 g/mol. The minimum atomic E-state index is -4.12. The molecule has 0 unspecified atom stereocenters. The molecule has 1 aromatic heterocycles. The Bertz CT molecular complexity index is 1700. The lowest BCUT2D eigenvalue weighted by atomic mass is 10.0. The van der Waals surface area contributed by atoms with Crippen LogP contribution in [0.5, 0.6) is 0 Å². The number of sulfonamides is 1. The molecular formula is C31H29BrN4O6S. The summed E-state index contributed by atoms with van der Waals surface area (Å²) < 4.78 is 34.8. The van der Waals surface area contributed by atoms with Gasteiger partial charge in [0, 0.05) is 30.2 Å². The van der Waals surface area contributed by atoms with Crippen LogP contribution in [0.4, 0.5) is 11.5 Å². The molecule has 222 valence electrons. The third-order valence-corrected chi connectivity index (χ3v) is 8.78. The van der Waals surface area contributed by atoms with E-state index in [2.05, 4.69) is 31.0 Å². The molecule has 4 aromatic rings. The number of carboxylic acid groups (broad SMARTS) is 1. The highest BCUT2D eigenvalue weighted by Gasteiger charge is 2.25. The van der Waals surface area contributed by atoms with Crippen molar-refractivity contribution < 1.29 is 27.9 Å². The topological polar surface area (TPSA) is 138 Å². The summed E-state index contributed by atoms with van der Waals surface area (Å²) >= 11 is 3.31. The number of aliphatic carboxylic acids is 1. The molecule has 2 heterocycles. The van der Waals surface area contributed by atoms with Crippen molar-refractivity contribution in [3.63, 3.8) is 0 Å². The Labute approximate surface area is 257 Å². The Morgan fingerprint density at radius 1 is 0.953 bits per heavy atom. The second kappa shape index (κ2) is 13.4. The maximum absolute atomic E-state index is 13.3. The number of nitrogens with one attached hydrogen (secondary N) is 2. The largest absolute Gasteiger partial charge is 0.480 e. The number of aromatic nitrogens is 1. The average molecular weight is 666 g/mol. The number of carboxylic acids is 1. The fourth-order valence-corrected chi connectivity index (χ4v) is 6.03. The van der Waals surface area contributed by atoms with Gasteiger partial charge in [-0.1, -0.05) is 70.5 Å². The van der Waals surface area contributed by atoms with E-state index in [0.29, 0.717) is 36.6 Å². The first-order valence-corrected chi connectivity index (χ1v) is 15.8. The minimum Gasteiger partial charge on any atom is -0.480 e. The Kier molecular flexibility index (Phi) is 9.39. The predicted octanol–water partition coefficient (Wildman–Crippen LogP) is 4.57. The Hall–Kier alpha value is -4.26. The summed E-state index contributed by atoms with van der Waals surface area (Å²) in [4.78, 5) is 31.7. The summed E-state index contributed by atoms with van der Waals surface area (Å²) in [5.41, 5.74) is 2.69. The number of ether oxygens (including phenoxy) is 1. The third kappa shape index (κ3) is 7.58. The molecule has 0 saturated carbocycles. The molecule has 1 amide bonds. The SMILES string of the molecule is O=C(N[C@@H](Cc1ccc(-c2ccccc2)cc1)C(=O)O)c1cc(Br)ccc1NS(=O)(=O)c1ccc(N2CCOCC2)nc1. The van der Waals surface area contributed by atoms with Crippen LogP contribution >= 0.6 is 15.9 Å². The maximum Gasteiger partial charge on any atom is 0.326 e. The number of nitrogens with zero attached hydrogens (tertiary/aromatic N) is 2. The first-order valence-electron chi connectivity index (χ1n) is 13.5. The molecule has 1 saturated heterocycles. The van der Waals surface area contributed by atoms with Crippen molar-refractivity contribution in [3.05, 3.63) is 107 Å². The predicted molar refractivity (Wildman–Crippen MR) is 167 cm³/mol. The summed E-state index contributed by atoms with van der Waals surface area (Å²) in [6, 6.07) is 23.5. The highest BCUT2D eigenvalue weighted by Crippen LogP contribution is 2.25. The fourth-order valence-electron chi connectivity index (χ4n) is 4.64. The minimum absolute atomic E-state index is 0.00527. The van der Waals surface area contributed by atoms with E-state index in [1.54, 1.807) is 12.1 Å². The number of amides is 1. The van der Waals surface area contributed by atoms with E-state index in [4.69, 9.17) is 4.74 Å². The van der Waals surface area contributed by atoms with Gasteiger partial charge in [-0.05, 0) is 47.0 Å². The standard InChI is InChI=1S/C31H29BrN4O6S/c32-24-10-12-27(35-43(40,41)25-11-13-29(33-20-25)36-14-16-42-17-15-36)26(19-24)30(37)34-28(31(38)39)18-21-6-8-23(9-7-21)22-4-2-1-3-5-22/h1-13,19-20,28,35H,14-18H2,(H,34,37)(H,38,39)/t28-/m0/s1. The first-order chi connectivity index (χ1) is 20.7. The van der Waals surface area contributed by atoms with Gasteiger partial charge < -0.3 is 20.1 Å². The van der Waals surface area contributed by atoms with Crippen LogP contribution in [0.1, 0.15) is 15.9 Å². The lowest BCUT2D eigenvalue weighted by Gasteiger charge is -2.27. The molecule has 3 aromatic carbocycles. The fraction of sp³-hybridized carbons (Fsp3) is 0.194. The highest BCUT2D eigenvalue weighted by molar-refractivity contribution is 9.10. The van der Waals surface area contributed by atoms with Gasteiger partial charge in [-0.25, -0.2) is 18.2 Å². The summed E-state index contributed by atoms with van der Waals surface area (Å²) in [5.74, 6) is -1.32. The number of rotatable bonds is 10. The molecule has 43 heavy (non-hydrogen) atoms. The monoisotopic (exact) mass is 664 g/mol. The molecule has 1 aliphatic rings. The Morgan fingerprint density at radius 2 is 1.65 bits per heavy atom. The van der Waals surface area contributed by atoms with E-state index in [0.717, 1.165) is 16.7 Å². The molecule has 12 heteroatoms. The zero-order valence-electron chi connectivity index (χ0n) is 22.9. The number of carbonyl (C=O) groups excluding carboxylic acids is 1. The van der Waals surface area contributed by atoms with Gasteiger partial charge in [-0.15, -0.1) is 0 Å². The Morgan fingerprint density at radius 3 is 2.30 bits per heavy atom. The quantitative estimate of drug-likeness (QED) is 0.224. The van der Waals surface area contributed by atoms with Crippen molar-refractivity contribution in [2.75, 3.05) is 35.9 Å². The van der Waals surface area contributed by atoms with E-state index < -0.39 is 27.9 Å². The van der Waals surface area contributed by atoms with Crippen LogP contribution in [0.25, 0.3) is 11.1 Å². The zero-order valence-corrected chi connectivity index (χ0v) is 25.3. The number of halogens is 1. The van der Waals surface area contributed by atoms with Crippen molar-refractivity contribution in [2.24, 2.45) is 0 Å². The lowest BCUT2D eigenvalue weighted by Crippen LogP contribution is -2.42. The number of benzene rings is 3. The number of hydrogen-bond acceptors (Lipinski definition) is 7. The first kappa shape index (κ1) is 30.2. The van der Waals surface area contributed by atoms with Gasteiger partial charge in [0.15, 0.2) is 0 Å². The third-order valence-electron chi connectivity index (χ3n) is 6.94. The summed E-state index contributed by atoms with van der Waals surface area (Å²) in [6.45, 7) is 2.46. The van der Waals surface area contributed by atoms with Crippen molar-refractivity contribution in [3.8, 4) is 11.1 Å². The molecule has 0 radical (unpaired) electrons. The van der Waals surface area contributed by atoms with E-state index in [9.17, 15) is 23.1 Å². The number of carbonyl (C=O) groups is 2. The molecule has 1 atom stereocenters. The van der Waals surface area contributed by atoms with E-state index in [1.807, 2.05) is 59.5 Å². The van der Waals surface area contributed by atoms with Gasteiger partial charge in [0.2, 0.25) is 0 Å². The van der Waals surface area contributed by atoms with Crippen molar-refractivity contribution >= 4 is 49.3 Å². The molecule has 0 spiro atoms. The van der Waals surface area contributed by atoms with Crippen LogP contribution in [0.3, 0.4) is 0 Å². The summed E-state index contributed by atoms with van der Waals surface area (Å²) in [6.07, 6.45) is 1.29. The molecule has 3 N–H and O–H groups in total. The van der Waals surface area contributed by atoms with E-state index >= 15 is 0 Å². The lowest BCUT2D eigenvalue weighted by molar-refractivity contribution is -0.139. The highest BCUT2D eigenvalue weighted by atomic mass is 79.9. The molecule has 5 rings (SSSR count). The number of pyridine rings is 1. The van der Waals surface area contributed by atoms with Crippen molar-refractivity contribution in [2.45, 2.75) is 17.4 Å². The molecule has 0 bridgehead atoms. The zero-order chi connectivity index (χ0) is 30.4. The van der Waals surface area contributed by atoms with Crippen LogP contribution in [-0.2, 0) is 26.0 Å². The number of hydrogen-bond donors (Lipinski definition) is 3. The van der Waals surface area contributed by atoms with Gasteiger partial charge in [0.05, 0.1) is 24.5 Å². The second-order valence-corrected chi connectivity index (χ2v) is 12.5. The smallest absolute Gasteiger partial charge is 0.326 e. The van der Waals surface area contributed by atoms with Crippen molar-refractivity contribution in [1.82, 2.24) is 10.3 Å². The van der Waals surface area contributed by atoms with Crippen molar-refractivity contribution in [1.29, 1.82) is 0 Å². The normalized spacial score (nSPS) is 14.1. The molecule has 0 aliphatic carbocycles. The van der Waals surface area contributed by atoms with Crippen LogP contribution in [0.15, 0.2) is 100 Å².